The van der Waals surface area contributed by atoms with Crippen LogP contribution < -0.4 is 38.1 Å². The predicted molar refractivity (Wildman–Crippen MR) is 335 cm³/mol. The van der Waals surface area contributed by atoms with Gasteiger partial charge in [-0.25, -0.2) is 14.4 Å². The number of anilines is 1. The molecule has 0 spiro atoms. The lowest BCUT2D eigenvalue weighted by molar-refractivity contribution is -0.154. The second kappa shape index (κ2) is 36.6. The Morgan fingerprint density at radius 3 is 1.95 bits per heavy atom. The summed E-state index contributed by atoms with van der Waals surface area (Å²) >= 11 is 0. The third-order valence-electron chi connectivity index (χ3n) is 16.3. The minimum absolute atomic E-state index is 0.0725. The topological polar surface area (TPSA) is 322 Å². The predicted octanol–water partition coefficient (Wildman–Crippen LogP) is 4.93. The molecule has 3 rings (SSSR count). The molecule has 88 heavy (non-hydrogen) atoms. The number of carbonyl (C=O) groups is 9. The van der Waals surface area contributed by atoms with Crippen LogP contribution in [0.1, 0.15) is 126 Å². The van der Waals surface area contributed by atoms with E-state index in [1.54, 1.807) is 77.4 Å². The summed E-state index contributed by atoms with van der Waals surface area (Å²) in [7, 11) is 7.76. The first-order valence-corrected chi connectivity index (χ1v) is 30.8. The van der Waals surface area contributed by atoms with Crippen molar-refractivity contribution in [1.82, 2.24) is 36.0 Å². The van der Waals surface area contributed by atoms with E-state index in [2.05, 4.69) is 26.6 Å². The fourth-order valence-corrected chi connectivity index (χ4v) is 11.1. The highest BCUT2D eigenvalue weighted by molar-refractivity contribution is 5.98. The SMILES string of the molecule is CC[C@H](C)[C@@H]([C@@H](CC(=O)N1CCC[C@H]1[C@H](OC)[C@@H](C)C(=O)N[C@@H](Cc1ccccc1)C(=O)OC)OC)N(C)C(=O)[C@@H](N)C(C)COC(=O)[C@H](C(C)C)N(C)CCc1ccc(NC(=O)[C@H](CCCNC(N)=O)NC(=O)[C@@H](NC(=O)OC(C)(C)C)C(C)C)cc1. The number of hydrogen-bond donors (Lipinski definition) is 7. The van der Waals surface area contributed by atoms with Crippen molar-refractivity contribution in [2.45, 2.75) is 188 Å². The van der Waals surface area contributed by atoms with Gasteiger partial charge < -0.3 is 71.5 Å². The molecular formula is C64H104N10O14. The highest BCUT2D eigenvalue weighted by atomic mass is 16.6. The fraction of sp³-hybridized carbons (Fsp3) is 0.672. The molecule has 9 N–H and O–H groups in total. The van der Waals surface area contributed by atoms with Crippen molar-refractivity contribution < 1.29 is 66.8 Å². The Labute approximate surface area is 521 Å². The van der Waals surface area contributed by atoms with Crippen molar-refractivity contribution in [3.63, 3.8) is 0 Å². The number of ether oxygens (including phenoxy) is 5. The van der Waals surface area contributed by atoms with Gasteiger partial charge in [-0.05, 0) is 101 Å². The lowest BCUT2D eigenvalue weighted by Crippen LogP contribution is -2.57. The molecule has 0 saturated carbocycles. The lowest BCUT2D eigenvalue weighted by Gasteiger charge is -2.40. The zero-order valence-electron chi connectivity index (χ0n) is 55.0. The molecule has 24 nitrogen and oxygen atoms in total. The molecule has 12 atom stereocenters. The van der Waals surface area contributed by atoms with Crippen LogP contribution in [0.2, 0.25) is 0 Å². The number of carbonyl (C=O) groups excluding carboxylic acids is 9. The molecule has 1 aliphatic rings. The number of likely N-dealkylation sites (N-methyl/N-ethyl adjacent to an activating group) is 2. The Morgan fingerprint density at radius 1 is 0.761 bits per heavy atom. The van der Waals surface area contributed by atoms with Crippen molar-refractivity contribution >= 4 is 59.3 Å². The van der Waals surface area contributed by atoms with Crippen LogP contribution in [0.4, 0.5) is 15.3 Å². The van der Waals surface area contributed by atoms with Gasteiger partial charge in [0.15, 0.2) is 0 Å². The first-order valence-electron chi connectivity index (χ1n) is 30.8. The molecular weight excluding hydrogens is 1130 g/mol. The van der Waals surface area contributed by atoms with Crippen LogP contribution in [0.25, 0.3) is 0 Å². The van der Waals surface area contributed by atoms with Crippen LogP contribution in [0.15, 0.2) is 54.6 Å². The van der Waals surface area contributed by atoms with E-state index in [4.69, 9.17) is 35.2 Å². The van der Waals surface area contributed by atoms with E-state index in [-0.39, 0.29) is 56.1 Å². The van der Waals surface area contributed by atoms with Crippen molar-refractivity contribution in [3.05, 3.63) is 65.7 Å². The van der Waals surface area contributed by atoms with Gasteiger partial charge in [-0.15, -0.1) is 0 Å². The van der Waals surface area contributed by atoms with Crippen LogP contribution in [0.3, 0.4) is 0 Å². The van der Waals surface area contributed by atoms with Crippen LogP contribution in [-0.4, -0.2) is 190 Å². The van der Waals surface area contributed by atoms with Gasteiger partial charge in [0.2, 0.25) is 29.5 Å². The van der Waals surface area contributed by atoms with E-state index in [0.29, 0.717) is 50.9 Å². The Kier molecular flexibility index (Phi) is 31.3. The second-order valence-corrected chi connectivity index (χ2v) is 25.0. The first kappa shape index (κ1) is 75.4. The summed E-state index contributed by atoms with van der Waals surface area (Å²) in [5.74, 6) is -5.21. The molecule has 494 valence electrons. The zero-order chi connectivity index (χ0) is 66.2. The number of esters is 2. The average molecular weight is 1240 g/mol. The number of primary amides is 1. The third kappa shape index (κ3) is 23.6. The number of likely N-dealkylation sites (tertiary alicyclic amines) is 1. The van der Waals surface area contributed by atoms with Gasteiger partial charge in [-0.3, -0.25) is 33.7 Å². The standard InChI is InChI=1S/C64H104N10O14/c1-17-40(6)54(49(84-14)36-50(75)74-33-22-26-48(74)55(85-15)42(8)56(76)70-47(60(80)86-16)35-44-23-19-18-20-24-44)73(13)59(79)51(65)41(7)37-87-61(81)53(39(4)5)72(12)34-31-43-27-29-45(30-28-43)68-57(77)46(25-21-32-67-62(66)82)69-58(78)52(38(2)3)71-63(83)88-64(9,10)11/h18-20,23-24,27-30,38-42,46-49,51-55H,17,21-22,25-26,31-37,65H2,1-16H3,(H,68,77)(H,69,78)(H,70,76)(H,71,83)(H3,66,67,82)/t40-,41?,42+,46-,47-,48-,49+,51-,52-,53-,54-,55+/m0/s1. The number of nitrogens with zero attached hydrogens (tertiary/aromatic N) is 3. The molecule has 0 aromatic heterocycles. The summed E-state index contributed by atoms with van der Waals surface area (Å²) in [4.78, 5) is 126. The van der Waals surface area contributed by atoms with Gasteiger partial charge in [0.05, 0.1) is 56.4 Å². The number of alkyl carbamates (subject to hydrolysis) is 1. The maximum atomic E-state index is 14.4. The molecule has 0 aliphatic carbocycles. The summed E-state index contributed by atoms with van der Waals surface area (Å²) in [5.41, 5.74) is 13.3. The van der Waals surface area contributed by atoms with E-state index in [0.717, 1.165) is 11.1 Å². The van der Waals surface area contributed by atoms with Crippen LogP contribution >= 0.6 is 0 Å². The number of rotatable bonds is 35. The number of urea groups is 1. The molecule has 1 heterocycles. The van der Waals surface area contributed by atoms with Gasteiger partial charge in [0, 0.05) is 58.9 Å². The van der Waals surface area contributed by atoms with E-state index in [1.165, 1.54) is 21.3 Å². The van der Waals surface area contributed by atoms with E-state index in [9.17, 15) is 43.2 Å². The molecule has 1 fully saturated rings. The largest absolute Gasteiger partial charge is 0.467 e. The zero-order valence-corrected chi connectivity index (χ0v) is 55.0. The molecule has 2 aromatic rings. The number of benzene rings is 2. The second-order valence-electron chi connectivity index (χ2n) is 25.0. The Balaban J connectivity index is 1.64. The van der Waals surface area contributed by atoms with E-state index >= 15 is 0 Å². The van der Waals surface area contributed by atoms with Gasteiger partial charge in [-0.1, -0.05) is 104 Å². The maximum absolute atomic E-state index is 14.4. The third-order valence-corrected chi connectivity index (χ3v) is 16.3. The molecule has 8 amide bonds. The summed E-state index contributed by atoms with van der Waals surface area (Å²) < 4.78 is 28.3. The quantitative estimate of drug-likeness (QED) is 0.0273. The van der Waals surface area contributed by atoms with Crippen molar-refractivity contribution in [2.24, 2.45) is 41.1 Å². The maximum Gasteiger partial charge on any atom is 0.408 e. The van der Waals surface area contributed by atoms with Gasteiger partial charge >= 0.3 is 24.1 Å². The first-order chi connectivity index (χ1) is 41.4. The number of methoxy groups -OCH3 is 3. The minimum atomic E-state index is -1.08. The van der Waals surface area contributed by atoms with Crippen molar-refractivity contribution in [3.8, 4) is 0 Å². The molecule has 24 heteroatoms. The van der Waals surface area contributed by atoms with Crippen molar-refractivity contribution in [2.75, 3.05) is 67.0 Å². The fourth-order valence-electron chi connectivity index (χ4n) is 11.1. The van der Waals surface area contributed by atoms with Gasteiger partial charge in [-0.2, -0.15) is 0 Å². The monoisotopic (exact) mass is 1240 g/mol. The summed E-state index contributed by atoms with van der Waals surface area (Å²) in [5, 5.41) is 13.6. The van der Waals surface area contributed by atoms with Crippen LogP contribution in [0, 0.1) is 29.6 Å². The average Bonchev–Trinajstić information content (AvgIpc) is 1.86. The smallest absolute Gasteiger partial charge is 0.408 e. The molecule has 1 aliphatic heterocycles. The number of amides is 8. The van der Waals surface area contributed by atoms with E-state index < -0.39 is 120 Å². The van der Waals surface area contributed by atoms with Gasteiger partial charge in [0.1, 0.15) is 29.8 Å². The number of nitrogens with one attached hydrogen (secondary N) is 5. The highest BCUT2D eigenvalue weighted by Gasteiger charge is 2.43. The molecule has 0 bridgehead atoms. The van der Waals surface area contributed by atoms with Crippen LogP contribution in [0.5, 0.6) is 0 Å². The highest BCUT2D eigenvalue weighted by Crippen LogP contribution is 2.30. The molecule has 2 aromatic carbocycles. The Morgan fingerprint density at radius 2 is 1.40 bits per heavy atom. The Hall–Kier alpha value is -6.89. The minimum Gasteiger partial charge on any atom is -0.467 e. The summed E-state index contributed by atoms with van der Waals surface area (Å²) in [6.45, 7) is 20.8. The summed E-state index contributed by atoms with van der Waals surface area (Å²) in [6, 6.07) is 9.97. The lowest BCUT2D eigenvalue weighted by atomic mass is 9.89. The van der Waals surface area contributed by atoms with E-state index in [1.807, 2.05) is 82.1 Å². The molecule has 0 radical (unpaired) electrons. The van der Waals surface area contributed by atoms with Crippen LogP contribution in [-0.2, 0) is 70.1 Å². The van der Waals surface area contributed by atoms with Crippen molar-refractivity contribution in [1.29, 1.82) is 0 Å². The normalized spacial score (nSPS) is 17.2. The number of nitrogens with two attached hydrogens (primary N) is 2. The van der Waals surface area contributed by atoms with Gasteiger partial charge in [0.25, 0.3) is 0 Å². The summed E-state index contributed by atoms with van der Waals surface area (Å²) in [6.07, 6.45) is 0.819. The Bertz CT molecular complexity index is 2570. The molecule has 1 saturated heterocycles. The molecule has 1 unspecified atom stereocenters. The number of hydrogen-bond acceptors (Lipinski definition) is 16.